The van der Waals surface area contributed by atoms with Gasteiger partial charge in [-0.3, -0.25) is 0 Å². The third-order valence-corrected chi connectivity index (χ3v) is 2.76. The average molecular weight is 269 g/mol. The molecular formula is C13H7ClF2O2. The van der Waals surface area contributed by atoms with Crippen LogP contribution in [-0.2, 0) is 0 Å². The first kappa shape index (κ1) is 12.5. The molecule has 2 rings (SSSR count). The quantitative estimate of drug-likeness (QED) is 0.894. The predicted molar refractivity (Wildman–Crippen MR) is 63.8 cm³/mol. The Balaban J connectivity index is 2.70. The lowest BCUT2D eigenvalue weighted by Gasteiger charge is -2.08. The highest BCUT2D eigenvalue weighted by molar-refractivity contribution is 6.33. The summed E-state index contributed by atoms with van der Waals surface area (Å²) in [6.45, 7) is 0. The second-order valence-electron chi connectivity index (χ2n) is 3.62. The number of rotatable bonds is 2. The zero-order valence-electron chi connectivity index (χ0n) is 8.95. The van der Waals surface area contributed by atoms with E-state index >= 15 is 0 Å². The predicted octanol–water partition coefficient (Wildman–Crippen LogP) is 3.98. The fraction of sp³-hybridized carbons (Fsp3) is 0. The van der Waals surface area contributed by atoms with Crippen molar-refractivity contribution < 1.29 is 18.7 Å². The van der Waals surface area contributed by atoms with E-state index in [1.807, 2.05) is 0 Å². The van der Waals surface area contributed by atoms with Crippen molar-refractivity contribution >= 4 is 17.6 Å². The number of benzene rings is 2. The molecule has 0 saturated carbocycles. The van der Waals surface area contributed by atoms with Crippen molar-refractivity contribution in [1.82, 2.24) is 0 Å². The van der Waals surface area contributed by atoms with Gasteiger partial charge in [0.05, 0.1) is 5.56 Å². The van der Waals surface area contributed by atoms with Crippen molar-refractivity contribution in [3.63, 3.8) is 0 Å². The van der Waals surface area contributed by atoms with Gasteiger partial charge in [-0.15, -0.1) is 0 Å². The molecule has 0 atom stereocenters. The van der Waals surface area contributed by atoms with E-state index in [1.54, 1.807) is 0 Å². The smallest absolute Gasteiger partial charge is 0.336 e. The van der Waals surface area contributed by atoms with Crippen LogP contribution in [0.3, 0.4) is 0 Å². The van der Waals surface area contributed by atoms with Gasteiger partial charge in [-0.25, -0.2) is 13.6 Å². The Hall–Kier alpha value is -1.94. The summed E-state index contributed by atoms with van der Waals surface area (Å²) in [5.74, 6) is -2.52. The molecular weight excluding hydrogens is 262 g/mol. The van der Waals surface area contributed by atoms with Gasteiger partial charge < -0.3 is 5.11 Å². The van der Waals surface area contributed by atoms with Crippen LogP contribution in [0.25, 0.3) is 11.1 Å². The van der Waals surface area contributed by atoms with Crippen LogP contribution >= 0.6 is 11.6 Å². The molecule has 0 saturated heterocycles. The lowest BCUT2D eigenvalue weighted by atomic mass is 9.99. The summed E-state index contributed by atoms with van der Waals surface area (Å²) >= 11 is 5.89. The molecule has 0 bridgehead atoms. The Morgan fingerprint density at radius 3 is 2.28 bits per heavy atom. The van der Waals surface area contributed by atoms with Crippen LogP contribution in [-0.4, -0.2) is 11.1 Å². The summed E-state index contributed by atoms with van der Waals surface area (Å²) in [4.78, 5) is 11.0. The fourth-order valence-corrected chi connectivity index (χ4v) is 1.85. The van der Waals surface area contributed by atoms with E-state index in [-0.39, 0.29) is 21.7 Å². The lowest BCUT2D eigenvalue weighted by Crippen LogP contribution is -2.01. The minimum absolute atomic E-state index is 0.174. The fourth-order valence-electron chi connectivity index (χ4n) is 1.63. The van der Waals surface area contributed by atoms with Gasteiger partial charge in [-0.05, 0) is 35.9 Å². The second-order valence-corrected chi connectivity index (χ2v) is 4.03. The number of halogens is 3. The monoisotopic (exact) mass is 268 g/mol. The van der Waals surface area contributed by atoms with E-state index in [0.29, 0.717) is 0 Å². The topological polar surface area (TPSA) is 37.3 Å². The largest absolute Gasteiger partial charge is 0.478 e. The van der Waals surface area contributed by atoms with Crippen LogP contribution in [0.2, 0.25) is 5.02 Å². The number of carboxylic acid groups (broad SMARTS) is 1. The van der Waals surface area contributed by atoms with Gasteiger partial charge >= 0.3 is 5.97 Å². The molecule has 0 spiro atoms. The summed E-state index contributed by atoms with van der Waals surface area (Å²) in [5, 5.41) is 9.21. The Bertz CT molecular complexity index is 626. The lowest BCUT2D eigenvalue weighted by molar-refractivity contribution is 0.0697. The van der Waals surface area contributed by atoms with E-state index in [2.05, 4.69) is 0 Å². The summed E-state index contributed by atoms with van der Waals surface area (Å²) < 4.78 is 26.2. The molecule has 5 heteroatoms. The molecule has 18 heavy (non-hydrogen) atoms. The molecule has 1 N–H and O–H groups in total. The van der Waals surface area contributed by atoms with Crippen molar-refractivity contribution in [2.75, 3.05) is 0 Å². The Kier molecular flexibility index (Phi) is 3.30. The molecule has 0 heterocycles. The van der Waals surface area contributed by atoms with E-state index < -0.39 is 17.6 Å². The van der Waals surface area contributed by atoms with Crippen LogP contribution in [0, 0.1) is 11.6 Å². The Morgan fingerprint density at radius 1 is 1.00 bits per heavy atom. The summed E-state index contributed by atoms with van der Waals surface area (Å²) in [5.41, 5.74) is 0.130. The molecule has 0 fully saturated rings. The van der Waals surface area contributed by atoms with Gasteiger partial charge in [0, 0.05) is 10.6 Å². The molecule has 0 aliphatic heterocycles. The molecule has 0 aliphatic rings. The van der Waals surface area contributed by atoms with Gasteiger partial charge in [-0.2, -0.15) is 0 Å². The van der Waals surface area contributed by atoms with Gasteiger partial charge in [0.2, 0.25) is 0 Å². The van der Waals surface area contributed by atoms with E-state index in [4.69, 9.17) is 16.7 Å². The molecule has 2 nitrogen and oxygen atoms in total. The molecule has 2 aromatic rings. The van der Waals surface area contributed by atoms with Crippen LogP contribution in [0.15, 0.2) is 36.4 Å². The van der Waals surface area contributed by atoms with Crippen molar-refractivity contribution in [1.29, 1.82) is 0 Å². The highest BCUT2D eigenvalue weighted by Gasteiger charge is 2.15. The van der Waals surface area contributed by atoms with Crippen LogP contribution in [0.5, 0.6) is 0 Å². The molecule has 0 aliphatic carbocycles. The van der Waals surface area contributed by atoms with Crippen molar-refractivity contribution in [2.45, 2.75) is 0 Å². The van der Waals surface area contributed by atoms with Gasteiger partial charge in [0.15, 0.2) is 0 Å². The molecule has 0 unspecified atom stereocenters. The highest BCUT2D eigenvalue weighted by atomic mass is 35.5. The zero-order valence-corrected chi connectivity index (χ0v) is 9.71. The molecule has 2 aromatic carbocycles. The minimum atomic E-state index is -1.30. The number of carboxylic acids is 1. The van der Waals surface area contributed by atoms with Crippen molar-refractivity contribution in [2.24, 2.45) is 0 Å². The third-order valence-electron chi connectivity index (χ3n) is 2.43. The van der Waals surface area contributed by atoms with E-state index in [9.17, 15) is 13.6 Å². The number of hydrogen-bond acceptors (Lipinski definition) is 1. The van der Waals surface area contributed by atoms with Crippen LogP contribution in [0.1, 0.15) is 10.4 Å². The third kappa shape index (κ3) is 2.33. The summed E-state index contributed by atoms with van der Waals surface area (Å²) in [6.07, 6.45) is 0. The maximum absolute atomic E-state index is 13.2. The summed E-state index contributed by atoms with van der Waals surface area (Å²) in [6, 6.07) is 6.83. The Morgan fingerprint density at radius 2 is 1.61 bits per heavy atom. The number of carbonyl (C=O) groups is 1. The van der Waals surface area contributed by atoms with Crippen LogP contribution in [0.4, 0.5) is 8.78 Å². The van der Waals surface area contributed by atoms with Crippen LogP contribution < -0.4 is 0 Å². The average Bonchev–Trinajstić information content (AvgIpc) is 2.32. The SMILES string of the molecule is O=C(O)c1cc(F)ccc1-c1cc(F)ccc1Cl. The first-order chi connectivity index (χ1) is 8.49. The molecule has 0 radical (unpaired) electrons. The number of hydrogen-bond donors (Lipinski definition) is 1. The maximum atomic E-state index is 13.2. The summed E-state index contributed by atoms with van der Waals surface area (Å²) in [7, 11) is 0. The zero-order chi connectivity index (χ0) is 13.3. The number of aromatic carboxylic acids is 1. The Labute approximate surface area is 106 Å². The van der Waals surface area contributed by atoms with Crippen molar-refractivity contribution in [3.05, 3.63) is 58.6 Å². The minimum Gasteiger partial charge on any atom is -0.478 e. The maximum Gasteiger partial charge on any atom is 0.336 e. The molecule has 92 valence electrons. The normalized spacial score (nSPS) is 10.4. The molecule has 0 amide bonds. The van der Waals surface area contributed by atoms with Crippen molar-refractivity contribution in [3.8, 4) is 11.1 Å². The van der Waals surface area contributed by atoms with Gasteiger partial charge in [-0.1, -0.05) is 17.7 Å². The standard InChI is InChI=1S/C13H7ClF2O2/c14-12-4-2-8(16)5-10(12)9-3-1-7(15)6-11(9)13(17)18/h1-6H,(H,17,18). The first-order valence-corrected chi connectivity index (χ1v) is 5.35. The highest BCUT2D eigenvalue weighted by Crippen LogP contribution is 2.31. The van der Waals surface area contributed by atoms with E-state index in [0.717, 1.165) is 24.3 Å². The van der Waals surface area contributed by atoms with E-state index in [1.165, 1.54) is 12.1 Å². The van der Waals surface area contributed by atoms with Gasteiger partial charge in [0.25, 0.3) is 0 Å². The molecule has 0 aromatic heterocycles. The first-order valence-electron chi connectivity index (χ1n) is 4.97. The van der Waals surface area contributed by atoms with Gasteiger partial charge in [0.1, 0.15) is 11.6 Å². The second kappa shape index (κ2) is 4.74.